The van der Waals surface area contributed by atoms with Gasteiger partial charge in [0.1, 0.15) is 0 Å². The Labute approximate surface area is 115 Å². The molecule has 4 nitrogen and oxygen atoms in total. The van der Waals surface area contributed by atoms with Crippen LogP contribution >= 0.6 is 0 Å². The predicted molar refractivity (Wildman–Crippen MR) is 75.3 cm³/mol. The van der Waals surface area contributed by atoms with E-state index in [1.807, 2.05) is 11.8 Å². The summed E-state index contributed by atoms with van der Waals surface area (Å²) in [5, 5.41) is 8.98. The molecule has 1 rings (SSSR count). The third-order valence-electron chi connectivity index (χ3n) is 3.34. The van der Waals surface area contributed by atoms with Crippen molar-refractivity contribution in [2.24, 2.45) is 0 Å². The largest absolute Gasteiger partial charge is 0.480 e. The van der Waals surface area contributed by atoms with Crippen molar-refractivity contribution in [3.05, 3.63) is 35.4 Å². The van der Waals surface area contributed by atoms with Crippen LogP contribution in [0, 0.1) is 0 Å². The molecule has 0 aliphatic heterocycles. The Bertz CT molecular complexity index is 389. The number of carboxylic acids is 1. The molecule has 1 unspecified atom stereocenters. The molecule has 0 saturated carbocycles. The summed E-state index contributed by atoms with van der Waals surface area (Å²) in [5.41, 5.74) is 2.42. The average molecular weight is 265 g/mol. The smallest absolute Gasteiger partial charge is 0.317 e. The number of carboxylic acid groups (broad SMARTS) is 1. The molecule has 1 atom stereocenters. The van der Waals surface area contributed by atoms with Gasteiger partial charge in [0.25, 0.3) is 0 Å². The maximum absolute atomic E-state index is 10.9. The van der Waals surface area contributed by atoms with E-state index in [0.29, 0.717) is 13.2 Å². The minimum absolute atomic E-state index is 0.0278. The Morgan fingerprint density at radius 3 is 2.47 bits per heavy atom. The molecule has 0 aliphatic rings. The van der Waals surface area contributed by atoms with Crippen molar-refractivity contribution in [3.8, 4) is 0 Å². The van der Waals surface area contributed by atoms with Gasteiger partial charge in [-0.2, -0.15) is 0 Å². The second-order valence-electron chi connectivity index (χ2n) is 4.63. The summed E-state index contributed by atoms with van der Waals surface area (Å²) in [7, 11) is 1.62. The number of methoxy groups -OCH3 is 1. The molecule has 0 spiro atoms. The van der Waals surface area contributed by atoms with Crippen molar-refractivity contribution in [2.75, 3.05) is 26.8 Å². The average Bonchev–Trinajstić information content (AvgIpc) is 2.42. The number of nitrogens with zero attached hydrogens (tertiary/aromatic N) is 1. The Hall–Kier alpha value is -1.39. The lowest BCUT2D eigenvalue weighted by Crippen LogP contribution is -2.35. The molecule has 0 fully saturated rings. The third kappa shape index (κ3) is 5.01. The maximum Gasteiger partial charge on any atom is 0.317 e. The monoisotopic (exact) mass is 265 g/mol. The van der Waals surface area contributed by atoms with Crippen LogP contribution in [-0.4, -0.2) is 42.8 Å². The van der Waals surface area contributed by atoms with Crippen LogP contribution in [0.5, 0.6) is 0 Å². The van der Waals surface area contributed by atoms with Crippen LogP contribution in [0.15, 0.2) is 24.3 Å². The lowest BCUT2D eigenvalue weighted by Gasteiger charge is -2.27. The molecule has 1 N–H and O–H groups in total. The summed E-state index contributed by atoms with van der Waals surface area (Å²) in [6.07, 6.45) is 1.01. The fraction of sp³-hybridized carbons (Fsp3) is 0.533. The van der Waals surface area contributed by atoms with Gasteiger partial charge in [-0.15, -0.1) is 0 Å². The summed E-state index contributed by atoms with van der Waals surface area (Å²) in [6, 6.07) is 8.41. The zero-order chi connectivity index (χ0) is 14.3. The summed E-state index contributed by atoms with van der Waals surface area (Å²) >= 11 is 0. The van der Waals surface area contributed by atoms with E-state index in [-0.39, 0.29) is 12.6 Å². The SMILES string of the molecule is CCc1ccc(C(C)N(CCOC)CC(=O)O)cc1. The zero-order valence-electron chi connectivity index (χ0n) is 11.9. The van der Waals surface area contributed by atoms with E-state index in [1.54, 1.807) is 7.11 Å². The van der Waals surface area contributed by atoms with Crippen LogP contribution in [0.4, 0.5) is 0 Å². The number of hydrogen-bond donors (Lipinski definition) is 1. The molecule has 106 valence electrons. The lowest BCUT2D eigenvalue weighted by molar-refractivity contribution is -0.139. The maximum atomic E-state index is 10.9. The van der Waals surface area contributed by atoms with Crippen LogP contribution < -0.4 is 0 Å². The first-order valence-corrected chi connectivity index (χ1v) is 6.62. The van der Waals surface area contributed by atoms with Crippen molar-refractivity contribution < 1.29 is 14.6 Å². The van der Waals surface area contributed by atoms with Crippen LogP contribution in [0.2, 0.25) is 0 Å². The van der Waals surface area contributed by atoms with E-state index in [2.05, 4.69) is 31.2 Å². The standard InChI is InChI=1S/C15H23NO3/c1-4-13-5-7-14(8-6-13)12(2)16(9-10-19-3)11-15(17)18/h5-8,12H,4,9-11H2,1-3H3,(H,17,18). The molecule has 0 aliphatic carbocycles. The van der Waals surface area contributed by atoms with Crippen LogP contribution in [0.1, 0.15) is 31.0 Å². The molecular formula is C15H23NO3. The second-order valence-corrected chi connectivity index (χ2v) is 4.63. The van der Waals surface area contributed by atoms with Gasteiger partial charge in [-0.25, -0.2) is 0 Å². The van der Waals surface area contributed by atoms with Gasteiger partial charge in [-0.05, 0) is 24.5 Å². The van der Waals surface area contributed by atoms with E-state index in [0.717, 1.165) is 12.0 Å². The number of benzene rings is 1. The Balaban J connectivity index is 2.77. The first-order chi connectivity index (χ1) is 9.08. The van der Waals surface area contributed by atoms with Crippen molar-refractivity contribution in [1.29, 1.82) is 0 Å². The van der Waals surface area contributed by atoms with E-state index >= 15 is 0 Å². The molecule has 0 aromatic heterocycles. The zero-order valence-corrected chi connectivity index (χ0v) is 11.9. The van der Waals surface area contributed by atoms with Crippen LogP contribution in [0.25, 0.3) is 0 Å². The highest BCUT2D eigenvalue weighted by Crippen LogP contribution is 2.20. The van der Waals surface area contributed by atoms with Gasteiger partial charge in [0, 0.05) is 19.7 Å². The Kier molecular flexibility index (Phi) is 6.53. The summed E-state index contributed by atoms with van der Waals surface area (Å²) in [4.78, 5) is 12.8. The lowest BCUT2D eigenvalue weighted by atomic mass is 10.0. The highest BCUT2D eigenvalue weighted by atomic mass is 16.5. The van der Waals surface area contributed by atoms with Gasteiger partial charge in [-0.1, -0.05) is 31.2 Å². The van der Waals surface area contributed by atoms with E-state index in [4.69, 9.17) is 9.84 Å². The minimum atomic E-state index is -0.812. The van der Waals surface area contributed by atoms with Crippen LogP contribution in [-0.2, 0) is 16.0 Å². The van der Waals surface area contributed by atoms with E-state index in [9.17, 15) is 4.79 Å². The normalized spacial score (nSPS) is 12.6. The van der Waals surface area contributed by atoms with Crippen LogP contribution in [0.3, 0.4) is 0 Å². The number of rotatable bonds is 8. The predicted octanol–water partition coefficient (Wildman–Crippen LogP) is 2.34. The molecule has 4 heteroatoms. The molecule has 0 amide bonds. The fourth-order valence-electron chi connectivity index (χ4n) is 2.03. The number of ether oxygens (including phenoxy) is 1. The van der Waals surface area contributed by atoms with Crippen molar-refractivity contribution in [1.82, 2.24) is 4.90 Å². The second kappa shape index (κ2) is 7.92. The Morgan fingerprint density at radius 2 is 2.00 bits per heavy atom. The van der Waals surface area contributed by atoms with E-state index < -0.39 is 5.97 Å². The van der Waals surface area contributed by atoms with Gasteiger partial charge in [0.2, 0.25) is 0 Å². The molecule has 0 radical (unpaired) electrons. The summed E-state index contributed by atoms with van der Waals surface area (Å²) in [6.45, 7) is 5.32. The number of carbonyl (C=O) groups is 1. The van der Waals surface area contributed by atoms with Gasteiger partial charge >= 0.3 is 5.97 Å². The van der Waals surface area contributed by atoms with E-state index in [1.165, 1.54) is 5.56 Å². The number of aryl methyl sites for hydroxylation is 1. The van der Waals surface area contributed by atoms with Gasteiger partial charge in [0.05, 0.1) is 13.2 Å². The highest BCUT2D eigenvalue weighted by Gasteiger charge is 2.18. The van der Waals surface area contributed by atoms with Gasteiger partial charge in [0.15, 0.2) is 0 Å². The molecule has 19 heavy (non-hydrogen) atoms. The first kappa shape index (κ1) is 15.7. The highest BCUT2D eigenvalue weighted by molar-refractivity contribution is 5.69. The molecule has 0 heterocycles. The molecule has 1 aromatic carbocycles. The summed E-state index contributed by atoms with van der Waals surface area (Å²) < 4.78 is 5.04. The molecule has 0 bridgehead atoms. The molecule has 0 saturated heterocycles. The quantitative estimate of drug-likeness (QED) is 0.784. The van der Waals surface area contributed by atoms with Crippen molar-refractivity contribution >= 4 is 5.97 Å². The number of aliphatic carboxylic acids is 1. The topological polar surface area (TPSA) is 49.8 Å². The number of hydrogen-bond acceptors (Lipinski definition) is 3. The van der Waals surface area contributed by atoms with Crippen molar-refractivity contribution in [2.45, 2.75) is 26.3 Å². The summed E-state index contributed by atoms with van der Waals surface area (Å²) in [5.74, 6) is -0.812. The minimum Gasteiger partial charge on any atom is -0.480 e. The van der Waals surface area contributed by atoms with Crippen molar-refractivity contribution in [3.63, 3.8) is 0 Å². The fourth-order valence-corrected chi connectivity index (χ4v) is 2.03. The Morgan fingerprint density at radius 1 is 1.37 bits per heavy atom. The van der Waals surface area contributed by atoms with Gasteiger partial charge < -0.3 is 9.84 Å². The van der Waals surface area contributed by atoms with Gasteiger partial charge in [-0.3, -0.25) is 9.69 Å². The molecule has 1 aromatic rings. The molecular weight excluding hydrogens is 242 g/mol. The first-order valence-electron chi connectivity index (χ1n) is 6.62. The third-order valence-corrected chi connectivity index (χ3v) is 3.34.